The molecule has 348 valence electrons. The van der Waals surface area contributed by atoms with Crippen LogP contribution in [0, 0.1) is 18.8 Å². The fourth-order valence-electron chi connectivity index (χ4n) is 14.1. The normalized spacial score (nSPS) is 21.3. The van der Waals surface area contributed by atoms with Gasteiger partial charge in [-0.15, -0.1) is 0 Å². The Morgan fingerprint density at radius 1 is 0.514 bits per heavy atom. The standard InChI is InChI=1S/C68H66N2/c1-6-8-11-49-18-30-57(31-19-49)69(60-36-26-55(27-37-60)68-44-50-40-51(45-68)43-67(42-50,46-68)54-24-16-48(7-2)17-25-54)58-32-20-52(21-33-58)53-22-34-59(35-23-53)70(56-28-14-47(3)15-29-56)61-38-39-63-62-12-9-10-13-64(62)66(4,5)65(63)41-61/h7,9-10,12-39,41,50-51H,2,6,8,11,40,42-46H2,1,3-5H3. The zero-order chi connectivity index (χ0) is 47.6. The summed E-state index contributed by atoms with van der Waals surface area (Å²) in [6.07, 6.45) is 13.5. The Hall–Kier alpha value is -6.90. The second-order valence-corrected chi connectivity index (χ2v) is 22.2. The molecule has 0 radical (unpaired) electrons. The smallest absolute Gasteiger partial charge is 0.0465 e. The van der Waals surface area contributed by atoms with E-state index in [4.69, 9.17) is 0 Å². The molecule has 0 N–H and O–H groups in total. The Balaban J connectivity index is 0.848. The lowest BCUT2D eigenvalue weighted by atomic mass is 9.42. The van der Waals surface area contributed by atoms with Gasteiger partial charge >= 0.3 is 0 Å². The van der Waals surface area contributed by atoms with Crippen molar-refractivity contribution in [1.82, 2.24) is 0 Å². The molecule has 0 amide bonds. The van der Waals surface area contributed by atoms with Crippen LogP contribution in [0.5, 0.6) is 0 Å². The average molecular weight is 911 g/mol. The molecule has 0 heterocycles. The van der Waals surface area contributed by atoms with Crippen LogP contribution in [-0.4, -0.2) is 0 Å². The third kappa shape index (κ3) is 7.72. The summed E-state index contributed by atoms with van der Waals surface area (Å²) in [7, 11) is 0. The van der Waals surface area contributed by atoms with Gasteiger partial charge in [0.1, 0.15) is 0 Å². The third-order valence-electron chi connectivity index (χ3n) is 17.3. The van der Waals surface area contributed by atoms with Crippen molar-refractivity contribution in [3.8, 4) is 22.3 Å². The van der Waals surface area contributed by atoms with Gasteiger partial charge in [-0.05, 0) is 209 Å². The molecule has 5 aliphatic carbocycles. The quantitative estimate of drug-likeness (QED) is 0.114. The average Bonchev–Trinajstić information content (AvgIpc) is 3.62. The first kappa shape index (κ1) is 44.3. The number of fused-ring (bicyclic) bond motifs is 3. The zero-order valence-corrected chi connectivity index (χ0v) is 41.6. The van der Waals surface area contributed by atoms with E-state index in [1.165, 1.54) is 130 Å². The molecule has 8 aromatic rings. The Bertz CT molecular complexity index is 3160. The van der Waals surface area contributed by atoms with Crippen LogP contribution in [-0.2, 0) is 22.7 Å². The fraction of sp³-hybridized carbons (Fsp3) is 0.265. The van der Waals surface area contributed by atoms with E-state index in [1.54, 1.807) is 5.56 Å². The van der Waals surface area contributed by atoms with Gasteiger partial charge in [0.2, 0.25) is 0 Å². The summed E-state index contributed by atoms with van der Waals surface area (Å²) in [5, 5.41) is 0. The van der Waals surface area contributed by atoms with Gasteiger partial charge in [-0.25, -0.2) is 0 Å². The molecule has 70 heavy (non-hydrogen) atoms. The van der Waals surface area contributed by atoms with E-state index in [0.29, 0.717) is 0 Å². The van der Waals surface area contributed by atoms with Crippen LogP contribution in [0.15, 0.2) is 195 Å². The van der Waals surface area contributed by atoms with Crippen LogP contribution in [0.25, 0.3) is 28.3 Å². The number of unbranched alkanes of at least 4 members (excludes halogenated alkanes) is 1. The van der Waals surface area contributed by atoms with E-state index in [0.717, 1.165) is 29.6 Å². The molecule has 2 nitrogen and oxygen atoms in total. The third-order valence-corrected chi connectivity index (χ3v) is 17.3. The van der Waals surface area contributed by atoms with Crippen molar-refractivity contribution in [2.75, 3.05) is 9.80 Å². The summed E-state index contributed by atoms with van der Waals surface area (Å²) in [4.78, 5) is 4.87. The maximum Gasteiger partial charge on any atom is 0.0465 e. The SMILES string of the molecule is C=Cc1ccc(C23CC4CC(C2)CC(c2ccc(N(c5ccc(CCCC)cc5)c5ccc(-c6ccc(N(c7ccc(C)cc7)c7ccc8c(c7)C(C)(C)c7ccccc7-8)cc6)cc5)cc2)(C4)C3)cc1. The minimum Gasteiger partial charge on any atom is -0.311 e. The van der Waals surface area contributed by atoms with Crippen LogP contribution < -0.4 is 9.80 Å². The van der Waals surface area contributed by atoms with E-state index >= 15 is 0 Å². The Labute approximate surface area is 417 Å². The first-order valence-corrected chi connectivity index (χ1v) is 26.2. The first-order chi connectivity index (χ1) is 34.1. The largest absolute Gasteiger partial charge is 0.311 e. The molecule has 4 bridgehead atoms. The molecule has 2 unspecified atom stereocenters. The number of anilines is 6. The van der Waals surface area contributed by atoms with Crippen molar-refractivity contribution in [3.05, 3.63) is 234 Å². The maximum atomic E-state index is 4.03. The van der Waals surface area contributed by atoms with E-state index in [9.17, 15) is 0 Å². The topological polar surface area (TPSA) is 6.48 Å². The molecule has 4 saturated carbocycles. The van der Waals surface area contributed by atoms with Gasteiger partial charge in [-0.2, -0.15) is 0 Å². The number of hydrogen-bond donors (Lipinski definition) is 0. The Morgan fingerprint density at radius 2 is 0.971 bits per heavy atom. The molecule has 0 spiro atoms. The first-order valence-electron chi connectivity index (χ1n) is 26.2. The second-order valence-electron chi connectivity index (χ2n) is 22.2. The summed E-state index contributed by atoms with van der Waals surface area (Å²) in [6, 6.07) is 71.8. The van der Waals surface area contributed by atoms with Crippen molar-refractivity contribution in [1.29, 1.82) is 0 Å². The van der Waals surface area contributed by atoms with Gasteiger partial charge < -0.3 is 9.80 Å². The summed E-state index contributed by atoms with van der Waals surface area (Å²) in [5.41, 5.74) is 22.3. The summed E-state index contributed by atoms with van der Waals surface area (Å²) >= 11 is 0. The van der Waals surface area contributed by atoms with E-state index in [1.807, 2.05) is 6.08 Å². The summed E-state index contributed by atoms with van der Waals surface area (Å²) in [6.45, 7) is 13.2. The molecule has 0 aliphatic heterocycles. The zero-order valence-electron chi connectivity index (χ0n) is 41.6. The Kier molecular flexibility index (Phi) is 11.1. The molecule has 8 aromatic carbocycles. The van der Waals surface area contributed by atoms with Crippen LogP contribution in [0.4, 0.5) is 34.1 Å². The molecule has 0 aromatic heterocycles. The van der Waals surface area contributed by atoms with Gasteiger partial charge in [-0.3, -0.25) is 0 Å². The highest BCUT2D eigenvalue weighted by atomic mass is 15.1. The lowest BCUT2D eigenvalue weighted by Crippen LogP contribution is -2.55. The highest BCUT2D eigenvalue weighted by Crippen LogP contribution is 2.66. The monoisotopic (exact) mass is 911 g/mol. The minimum absolute atomic E-state index is 0.0777. The highest BCUT2D eigenvalue weighted by molar-refractivity contribution is 5.86. The predicted octanol–water partition coefficient (Wildman–Crippen LogP) is 18.7. The van der Waals surface area contributed by atoms with Crippen LogP contribution in [0.1, 0.15) is 111 Å². The molecule has 13 rings (SSSR count). The predicted molar refractivity (Wildman–Crippen MR) is 297 cm³/mol. The van der Waals surface area contributed by atoms with Crippen molar-refractivity contribution < 1.29 is 0 Å². The van der Waals surface area contributed by atoms with Crippen molar-refractivity contribution in [3.63, 3.8) is 0 Å². The molecular formula is C68H66N2. The van der Waals surface area contributed by atoms with Crippen molar-refractivity contribution in [2.45, 2.75) is 102 Å². The highest BCUT2D eigenvalue weighted by Gasteiger charge is 2.58. The molecule has 2 atom stereocenters. The van der Waals surface area contributed by atoms with E-state index in [-0.39, 0.29) is 16.2 Å². The van der Waals surface area contributed by atoms with Crippen LogP contribution >= 0.6 is 0 Å². The number of aryl methyl sites for hydroxylation is 2. The van der Waals surface area contributed by atoms with E-state index < -0.39 is 0 Å². The Morgan fingerprint density at radius 3 is 1.51 bits per heavy atom. The lowest BCUT2D eigenvalue weighted by molar-refractivity contribution is -0.0281. The fourth-order valence-corrected chi connectivity index (χ4v) is 14.1. The molecular weight excluding hydrogens is 845 g/mol. The maximum absolute atomic E-state index is 4.03. The molecule has 2 heteroatoms. The van der Waals surface area contributed by atoms with E-state index in [2.05, 4.69) is 232 Å². The molecule has 4 fully saturated rings. The lowest BCUT2D eigenvalue weighted by Gasteiger charge is -2.63. The van der Waals surface area contributed by atoms with Crippen molar-refractivity contribution in [2.24, 2.45) is 11.8 Å². The van der Waals surface area contributed by atoms with Crippen LogP contribution in [0.2, 0.25) is 0 Å². The summed E-state index contributed by atoms with van der Waals surface area (Å²) < 4.78 is 0. The van der Waals surface area contributed by atoms with Gasteiger partial charge in [0.15, 0.2) is 0 Å². The van der Waals surface area contributed by atoms with Crippen molar-refractivity contribution >= 4 is 40.2 Å². The molecule has 0 saturated heterocycles. The van der Waals surface area contributed by atoms with Gasteiger partial charge in [-0.1, -0.05) is 161 Å². The van der Waals surface area contributed by atoms with Gasteiger partial charge in [0.05, 0.1) is 0 Å². The number of benzene rings is 8. The van der Waals surface area contributed by atoms with Gasteiger partial charge in [0.25, 0.3) is 0 Å². The number of nitrogens with zero attached hydrogens (tertiary/aromatic N) is 2. The molecule has 5 aliphatic rings. The van der Waals surface area contributed by atoms with Gasteiger partial charge in [0, 0.05) is 39.5 Å². The second kappa shape index (κ2) is 17.5. The summed E-state index contributed by atoms with van der Waals surface area (Å²) in [5.74, 6) is 1.61. The number of hydrogen-bond acceptors (Lipinski definition) is 2. The number of rotatable bonds is 13. The minimum atomic E-state index is -0.0777. The van der Waals surface area contributed by atoms with Crippen LogP contribution in [0.3, 0.4) is 0 Å².